The minimum absolute atomic E-state index is 0.0957. The van der Waals surface area contributed by atoms with E-state index in [-0.39, 0.29) is 5.88 Å². The fourth-order valence-electron chi connectivity index (χ4n) is 0.176. The van der Waals surface area contributed by atoms with Gasteiger partial charge in [-0.25, -0.2) is 4.98 Å². The minimum Gasteiger partial charge on any atom is -0.452 e. The maximum Gasteiger partial charge on any atom is 0.236 e. The van der Waals surface area contributed by atoms with Crippen LogP contribution in [0.4, 0.5) is 0 Å². The Morgan fingerprint density at radius 3 is 2.40 bits per heavy atom. The summed E-state index contributed by atoms with van der Waals surface area (Å²) in [5, 5.41) is -0.508. The molecule has 1 aromatic rings. The second-order valence-corrected chi connectivity index (χ2v) is 1.85. The van der Waals surface area contributed by atoms with Crippen LogP contribution in [0.2, 0.25) is 0 Å². The van der Waals surface area contributed by atoms with Gasteiger partial charge in [-0.15, -0.1) is 11.6 Å². The maximum atomic E-state index is 9.45. The summed E-state index contributed by atoms with van der Waals surface area (Å²) in [6.45, 7) is 0. The molecule has 5 heteroatoms. The van der Waals surface area contributed by atoms with Crippen molar-refractivity contribution >= 4 is 28.4 Å². The number of hydrogen-bond acceptors (Lipinski definition) is 3. The van der Waals surface area contributed by atoms with Gasteiger partial charge in [0.1, 0.15) is 6.26 Å². The van der Waals surface area contributed by atoms with Crippen molar-refractivity contribution in [1.29, 1.82) is 0 Å². The van der Waals surface area contributed by atoms with Crippen molar-refractivity contribution in [2.75, 3.05) is 5.88 Å². The van der Waals surface area contributed by atoms with E-state index in [4.69, 9.17) is 23.2 Å². The average molecular weight is 182 g/mol. The predicted octanol–water partition coefficient (Wildman–Crippen LogP) is 1.67. The second-order valence-electron chi connectivity index (χ2n) is 1.16. The van der Waals surface area contributed by atoms with Gasteiger partial charge in [-0.3, -0.25) is 4.79 Å². The van der Waals surface area contributed by atoms with Crippen LogP contribution in [-0.4, -0.2) is 16.1 Å². The smallest absolute Gasteiger partial charge is 0.236 e. The highest BCUT2D eigenvalue weighted by Crippen LogP contribution is 1.80. The standard InChI is InChI=1S/C3H3NO.C2H2Cl2O/c1-2-5-3-4-1;3-1-2(4)5/h1-3H;1H2. The lowest BCUT2D eigenvalue weighted by Gasteiger charge is -1.65. The topological polar surface area (TPSA) is 43.1 Å². The third-order valence-corrected chi connectivity index (χ3v) is 0.965. The Labute approximate surface area is 67.9 Å². The lowest BCUT2D eigenvalue weighted by molar-refractivity contribution is -0.109. The van der Waals surface area contributed by atoms with Crippen LogP contribution in [-0.2, 0) is 4.79 Å². The summed E-state index contributed by atoms with van der Waals surface area (Å²) in [7, 11) is 0. The van der Waals surface area contributed by atoms with Crippen LogP contribution < -0.4 is 0 Å². The molecule has 0 aliphatic heterocycles. The van der Waals surface area contributed by atoms with Gasteiger partial charge in [0, 0.05) is 0 Å². The number of rotatable bonds is 1. The number of nitrogens with zero attached hydrogens (tertiary/aromatic N) is 1. The summed E-state index contributed by atoms with van der Waals surface area (Å²) in [4.78, 5) is 13.0. The van der Waals surface area contributed by atoms with E-state index in [0.29, 0.717) is 0 Å². The first-order valence-electron chi connectivity index (χ1n) is 2.34. The number of hydrogen-bond donors (Lipinski definition) is 0. The Hall–Kier alpha value is -0.540. The summed E-state index contributed by atoms with van der Waals surface area (Å²) >= 11 is 9.55. The Balaban J connectivity index is 0.000000162. The van der Waals surface area contributed by atoms with Crippen LogP contribution in [0, 0.1) is 0 Å². The molecule has 1 rings (SSSR count). The fraction of sp³-hybridized carbons (Fsp3) is 0.200. The molecule has 0 unspecified atom stereocenters. The Kier molecular flexibility index (Phi) is 6.22. The van der Waals surface area contributed by atoms with Crippen molar-refractivity contribution in [1.82, 2.24) is 4.98 Å². The molecule has 0 N–H and O–H groups in total. The molecule has 0 aliphatic carbocycles. The lowest BCUT2D eigenvalue weighted by atomic mass is 10.9. The van der Waals surface area contributed by atoms with E-state index in [1.54, 1.807) is 6.20 Å². The summed E-state index contributed by atoms with van der Waals surface area (Å²) in [5.41, 5.74) is 0. The van der Waals surface area contributed by atoms with Gasteiger partial charge in [-0.2, -0.15) is 0 Å². The molecular weight excluding hydrogens is 177 g/mol. The minimum atomic E-state index is -0.508. The van der Waals surface area contributed by atoms with E-state index in [2.05, 4.69) is 9.40 Å². The van der Waals surface area contributed by atoms with Gasteiger partial charge in [0.05, 0.1) is 12.1 Å². The molecule has 0 spiro atoms. The van der Waals surface area contributed by atoms with E-state index in [0.717, 1.165) is 0 Å². The van der Waals surface area contributed by atoms with Crippen molar-refractivity contribution in [3.63, 3.8) is 0 Å². The molecule has 1 aromatic heterocycles. The van der Waals surface area contributed by atoms with Crippen molar-refractivity contribution in [2.24, 2.45) is 0 Å². The number of carbonyl (C=O) groups is 1. The number of alkyl halides is 1. The van der Waals surface area contributed by atoms with Gasteiger partial charge in [0.15, 0.2) is 6.39 Å². The van der Waals surface area contributed by atoms with Crippen LogP contribution in [0.3, 0.4) is 0 Å². The molecular formula is C5H5Cl2NO2. The van der Waals surface area contributed by atoms with E-state index >= 15 is 0 Å². The molecule has 0 atom stereocenters. The molecule has 56 valence electrons. The molecule has 1 heterocycles. The van der Waals surface area contributed by atoms with E-state index < -0.39 is 5.24 Å². The molecule has 0 aliphatic rings. The first-order chi connectivity index (χ1) is 4.77. The average Bonchev–Trinajstić information content (AvgIpc) is 2.43. The molecule has 0 bridgehead atoms. The monoisotopic (exact) mass is 181 g/mol. The highest BCUT2D eigenvalue weighted by molar-refractivity contribution is 6.67. The summed E-state index contributed by atoms with van der Waals surface area (Å²) in [5.74, 6) is -0.0957. The molecule has 10 heavy (non-hydrogen) atoms. The number of halogens is 2. The summed E-state index contributed by atoms with van der Waals surface area (Å²) < 4.78 is 4.47. The van der Waals surface area contributed by atoms with Crippen LogP contribution >= 0.6 is 23.2 Å². The largest absolute Gasteiger partial charge is 0.452 e. The van der Waals surface area contributed by atoms with E-state index in [1.807, 2.05) is 0 Å². The molecule has 0 radical (unpaired) electrons. The normalized spacial score (nSPS) is 7.80. The Bertz CT molecular complexity index is 147. The first-order valence-corrected chi connectivity index (χ1v) is 3.25. The van der Waals surface area contributed by atoms with Crippen molar-refractivity contribution in [3.8, 4) is 0 Å². The highest BCUT2D eigenvalue weighted by atomic mass is 35.5. The third kappa shape index (κ3) is 7.46. The number of oxazole rings is 1. The lowest BCUT2D eigenvalue weighted by Crippen LogP contribution is -1.81. The van der Waals surface area contributed by atoms with Gasteiger partial charge in [0.25, 0.3) is 0 Å². The van der Waals surface area contributed by atoms with Crippen LogP contribution in [0.1, 0.15) is 0 Å². The number of carbonyl (C=O) groups excluding carboxylic acids is 1. The molecule has 0 fully saturated rings. The fourth-order valence-corrected chi connectivity index (χ4v) is 0.176. The Morgan fingerprint density at radius 2 is 2.30 bits per heavy atom. The van der Waals surface area contributed by atoms with Gasteiger partial charge < -0.3 is 4.42 Å². The van der Waals surface area contributed by atoms with Crippen LogP contribution in [0.15, 0.2) is 23.3 Å². The SMILES string of the molecule is O=C(Cl)CCl.c1cocn1. The van der Waals surface area contributed by atoms with Gasteiger partial charge in [-0.1, -0.05) is 0 Å². The number of aromatic nitrogens is 1. The van der Waals surface area contributed by atoms with Gasteiger partial charge in [0.2, 0.25) is 5.24 Å². The van der Waals surface area contributed by atoms with E-state index in [1.165, 1.54) is 12.7 Å². The van der Waals surface area contributed by atoms with Crippen LogP contribution in [0.5, 0.6) is 0 Å². The second kappa shape index (κ2) is 6.58. The van der Waals surface area contributed by atoms with Crippen molar-refractivity contribution < 1.29 is 9.21 Å². The predicted molar refractivity (Wildman–Crippen MR) is 38.1 cm³/mol. The summed E-state index contributed by atoms with van der Waals surface area (Å²) in [6, 6.07) is 0. The molecule has 0 amide bonds. The Morgan fingerprint density at radius 1 is 1.70 bits per heavy atom. The van der Waals surface area contributed by atoms with Crippen molar-refractivity contribution in [3.05, 3.63) is 18.9 Å². The highest BCUT2D eigenvalue weighted by Gasteiger charge is 1.83. The molecule has 0 aromatic carbocycles. The summed E-state index contributed by atoms with van der Waals surface area (Å²) in [6.07, 6.45) is 4.47. The van der Waals surface area contributed by atoms with Crippen molar-refractivity contribution in [2.45, 2.75) is 0 Å². The molecule has 0 saturated carbocycles. The molecule has 0 saturated heterocycles. The zero-order valence-electron chi connectivity index (χ0n) is 4.96. The van der Waals surface area contributed by atoms with Gasteiger partial charge >= 0.3 is 0 Å². The maximum absolute atomic E-state index is 9.45. The van der Waals surface area contributed by atoms with Crippen LogP contribution in [0.25, 0.3) is 0 Å². The quantitative estimate of drug-likeness (QED) is 0.490. The third-order valence-electron chi connectivity index (χ3n) is 0.452. The van der Waals surface area contributed by atoms with Gasteiger partial charge in [-0.05, 0) is 11.6 Å². The zero-order valence-corrected chi connectivity index (χ0v) is 6.47. The van der Waals surface area contributed by atoms with E-state index in [9.17, 15) is 4.79 Å². The zero-order chi connectivity index (χ0) is 7.82. The molecule has 3 nitrogen and oxygen atoms in total. The first kappa shape index (κ1) is 9.46.